The first kappa shape index (κ1) is 21.9. The average molecular weight is 474 g/mol. The number of nitrogens with one attached hydrogen (secondary N) is 1. The maximum absolute atomic E-state index is 12.8. The summed E-state index contributed by atoms with van der Waals surface area (Å²) in [6.07, 6.45) is 5.48. The first-order chi connectivity index (χ1) is 15.6. The third kappa shape index (κ3) is 4.77. The highest BCUT2D eigenvalue weighted by Gasteiger charge is 2.24. The number of pyridine rings is 2. The van der Waals surface area contributed by atoms with Gasteiger partial charge in [0.25, 0.3) is 5.91 Å². The smallest absolute Gasteiger partial charge is 0.266 e. The third-order valence-corrected chi connectivity index (χ3v) is 4.94. The molecule has 0 fully saturated rings. The summed E-state index contributed by atoms with van der Waals surface area (Å²) in [5.41, 5.74) is 0.413. The summed E-state index contributed by atoms with van der Waals surface area (Å²) in [6, 6.07) is 6.59. The van der Waals surface area contributed by atoms with E-state index in [1.165, 1.54) is 23.4 Å². The molecule has 0 bridgehead atoms. The highest BCUT2D eigenvalue weighted by molar-refractivity contribution is 6.32. The van der Waals surface area contributed by atoms with Gasteiger partial charge in [0.2, 0.25) is 5.88 Å². The van der Waals surface area contributed by atoms with E-state index >= 15 is 0 Å². The van der Waals surface area contributed by atoms with Gasteiger partial charge in [-0.1, -0.05) is 23.2 Å². The minimum Gasteiger partial charge on any atom is -0.464 e. The number of aromatic nitrogens is 6. The van der Waals surface area contributed by atoms with Crippen molar-refractivity contribution in [3.63, 3.8) is 0 Å². The topological polar surface area (TPSA) is 128 Å². The number of hydrogen-bond donors (Lipinski definition) is 2. The molecule has 0 aromatic carbocycles. The van der Waals surface area contributed by atoms with E-state index in [4.69, 9.17) is 27.9 Å². The van der Waals surface area contributed by atoms with Crippen molar-refractivity contribution in [2.75, 3.05) is 11.9 Å². The molecular weight excluding hydrogens is 457 g/mol. The van der Waals surface area contributed by atoms with Crippen LogP contribution in [0, 0.1) is 0 Å². The Balaban J connectivity index is 1.62. The number of aliphatic hydroxyl groups excluding tert-OH is 1. The number of nitrogens with zero attached hydrogens (tertiary/aromatic N) is 6. The molecule has 0 saturated heterocycles. The Morgan fingerprint density at radius 1 is 1.16 bits per heavy atom. The van der Waals surface area contributed by atoms with Crippen molar-refractivity contribution in [3.8, 4) is 11.7 Å². The fourth-order valence-corrected chi connectivity index (χ4v) is 3.23. The van der Waals surface area contributed by atoms with Crippen molar-refractivity contribution in [3.05, 3.63) is 59.2 Å². The van der Waals surface area contributed by atoms with Crippen molar-refractivity contribution in [1.82, 2.24) is 29.7 Å². The number of halogens is 2. The van der Waals surface area contributed by atoms with E-state index in [9.17, 15) is 9.90 Å². The molecule has 0 spiro atoms. The molecule has 0 radical (unpaired) electrons. The fourth-order valence-electron chi connectivity index (χ4n) is 2.92. The Kier molecular flexibility index (Phi) is 6.74. The summed E-state index contributed by atoms with van der Waals surface area (Å²) in [6.45, 7) is -0.0956. The Labute approximate surface area is 192 Å². The highest BCUT2D eigenvalue weighted by atomic mass is 35.5. The van der Waals surface area contributed by atoms with E-state index in [2.05, 4.69) is 30.4 Å². The summed E-state index contributed by atoms with van der Waals surface area (Å²) in [5.74, 6) is 0.440. The van der Waals surface area contributed by atoms with Crippen molar-refractivity contribution < 1.29 is 14.6 Å². The molecule has 1 atom stereocenters. The van der Waals surface area contributed by atoms with E-state index in [0.29, 0.717) is 39.1 Å². The molecule has 2 N–H and O–H groups in total. The van der Waals surface area contributed by atoms with Gasteiger partial charge in [0.1, 0.15) is 17.5 Å². The minimum atomic E-state index is -0.945. The number of aliphatic hydroxyl groups is 1. The van der Waals surface area contributed by atoms with Gasteiger partial charge in [0.15, 0.2) is 17.6 Å². The largest absolute Gasteiger partial charge is 0.464 e. The van der Waals surface area contributed by atoms with Crippen molar-refractivity contribution in [1.29, 1.82) is 0 Å². The van der Waals surface area contributed by atoms with Crippen LogP contribution in [0.2, 0.25) is 10.0 Å². The highest BCUT2D eigenvalue weighted by Crippen LogP contribution is 2.26. The number of hydrogen-bond acceptors (Lipinski definition) is 8. The number of ether oxygens (including phenoxy) is 1. The summed E-state index contributed by atoms with van der Waals surface area (Å²) in [4.78, 5) is 29.6. The normalized spacial score (nSPS) is 12.0. The zero-order valence-corrected chi connectivity index (χ0v) is 18.0. The maximum Gasteiger partial charge on any atom is 0.266 e. The molecule has 32 heavy (non-hydrogen) atoms. The first-order valence-electron chi connectivity index (χ1n) is 9.56. The summed E-state index contributed by atoms with van der Waals surface area (Å²) < 4.78 is 7.40. The number of anilines is 1. The van der Waals surface area contributed by atoms with Crippen LogP contribution < -0.4 is 10.1 Å². The second kappa shape index (κ2) is 9.86. The number of fused-ring (bicyclic) bond motifs is 1. The van der Waals surface area contributed by atoms with Gasteiger partial charge in [0.05, 0.1) is 16.2 Å². The monoisotopic (exact) mass is 473 g/mol. The van der Waals surface area contributed by atoms with Crippen LogP contribution in [0.4, 0.5) is 5.82 Å². The molecule has 0 unspecified atom stereocenters. The van der Waals surface area contributed by atoms with Gasteiger partial charge in [0, 0.05) is 19.0 Å². The van der Waals surface area contributed by atoms with Crippen molar-refractivity contribution in [2.45, 2.75) is 18.9 Å². The van der Waals surface area contributed by atoms with Crippen LogP contribution in [-0.4, -0.2) is 53.4 Å². The molecule has 0 aliphatic rings. The van der Waals surface area contributed by atoms with Crippen LogP contribution in [0.1, 0.15) is 12.8 Å². The summed E-state index contributed by atoms with van der Waals surface area (Å²) >= 11 is 12.1. The molecule has 4 rings (SSSR count). The first-order valence-corrected chi connectivity index (χ1v) is 10.3. The molecule has 4 aromatic rings. The van der Waals surface area contributed by atoms with E-state index in [1.54, 1.807) is 30.5 Å². The molecule has 0 aliphatic carbocycles. The van der Waals surface area contributed by atoms with Crippen molar-refractivity contribution >= 4 is 46.0 Å². The molecule has 12 heteroatoms. The Bertz CT molecular complexity index is 1230. The second-order valence-corrected chi connectivity index (χ2v) is 7.45. The Morgan fingerprint density at radius 3 is 2.78 bits per heavy atom. The lowest BCUT2D eigenvalue weighted by molar-refractivity contribution is -0.123. The van der Waals surface area contributed by atoms with E-state index < -0.39 is 12.0 Å². The van der Waals surface area contributed by atoms with Crippen LogP contribution in [0.15, 0.2) is 49.2 Å². The maximum atomic E-state index is 12.8. The molecule has 4 heterocycles. The van der Waals surface area contributed by atoms with Crippen molar-refractivity contribution in [2.24, 2.45) is 0 Å². The van der Waals surface area contributed by atoms with Crippen LogP contribution >= 0.6 is 23.2 Å². The second-order valence-electron chi connectivity index (χ2n) is 6.60. The number of rotatable bonds is 8. The van der Waals surface area contributed by atoms with Gasteiger partial charge in [-0.25, -0.2) is 19.9 Å². The summed E-state index contributed by atoms with van der Waals surface area (Å²) in [7, 11) is 0. The molecule has 0 saturated carbocycles. The van der Waals surface area contributed by atoms with Gasteiger partial charge < -0.3 is 15.2 Å². The van der Waals surface area contributed by atoms with E-state index in [0.717, 1.165) is 0 Å². The zero-order valence-electron chi connectivity index (χ0n) is 16.5. The van der Waals surface area contributed by atoms with Gasteiger partial charge in [-0.05, 0) is 37.1 Å². The Hall–Kier alpha value is -3.34. The Morgan fingerprint density at radius 2 is 2.03 bits per heavy atom. The van der Waals surface area contributed by atoms with E-state index in [-0.39, 0.29) is 18.9 Å². The molecular formula is C20H17Cl2N7O3. The standard InChI is InChI=1S/C20H17Cl2N7O3/c21-12-5-6-16(24-9-12)28-19(31)15(4-2-8-30)32-20-13-10-27-29(17(13)25-11-26-20)18-14(22)3-1-7-23-18/h1,3,5-7,9-11,15,30H,2,4,8H2,(H,24,28,31)/t15-/m0/s1. The lowest BCUT2D eigenvalue weighted by Crippen LogP contribution is -2.33. The molecule has 0 aliphatic heterocycles. The average Bonchev–Trinajstić information content (AvgIpc) is 3.23. The van der Waals surface area contributed by atoms with Gasteiger partial charge in [-0.15, -0.1) is 0 Å². The van der Waals surface area contributed by atoms with Crippen LogP contribution in [0.5, 0.6) is 5.88 Å². The van der Waals surface area contributed by atoms with Gasteiger partial charge in [-0.3, -0.25) is 4.79 Å². The van der Waals surface area contributed by atoms with Gasteiger partial charge >= 0.3 is 0 Å². The van der Waals surface area contributed by atoms with Gasteiger partial charge in [-0.2, -0.15) is 9.78 Å². The van der Waals surface area contributed by atoms with E-state index in [1.807, 2.05) is 0 Å². The summed E-state index contributed by atoms with van der Waals surface area (Å²) in [5, 5.41) is 17.5. The number of carbonyl (C=O) groups excluding carboxylic acids is 1. The molecule has 1 amide bonds. The number of carbonyl (C=O) groups is 1. The minimum absolute atomic E-state index is 0.0956. The predicted molar refractivity (Wildman–Crippen MR) is 118 cm³/mol. The fraction of sp³-hybridized carbons (Fsp3) is 0.200. The zero-order chi connectivity index (χ0) is 22.5. The number of amides is 1. The quantitative estimate of drug-likeness (QED) is 0.399. The lowest BCUT2D eigenvalue weighted by Gasteiger charge is -2.18. The van der Waals surface area contributed by atoms with Crippen LogP contribution in [0.3, 0.4) is 0 Å². The molecule has 10 nitrogen and oxygen atoms in total. The SMILES string of the molecule is O=C(Nc1ccc(Cl)cn1)[C@H](CCCO)Oc1ncnc2c1cnn2-c1ncccc1Cl. The molecule has 164 valence electrons. The lowest BCUT2D eigenvalue weighted by atomic mass is 10.2. The van der Waals surface area contributed by atoms with Crippen LogP contribution in [0.25, 0.3) is 16.9 Å². The predicted octanol–water partition coefficient (Wildman–Crippen LogP) is 3.07. The molecule has 4 aromatic heterocycles. The third-order valence-electron chi connectivity index (χ3n) is 4.42. The van der Waals surface area contributed by atoms with Crippen LogP contribution in [-0.2, 0) is 4.79 Å².